The summed E-state index contributed by atoms with van der Waals surface area (Å²) in [5, 5.41) is 6.38. The maximum Gasteiger partial charge on any atom is 0.227 e. The molecule has 0 aromatic heterocycles. The molecule has 92 valence electrons. The second kappa shape index (κ2) is 4.72. The molecule has 1 amide bonds. The van der Waals surface area contributed by atoms with Crippen LogP contribution in [0.25, 0.3) is 0 Å². The molecule has 0 spiro atoms. The second-order valence-electron chi connectivity index (χ2n) is 5.02. The first-order chi connectivity index (χ1) is 7.71. The van der Waals surface area contributed by atoms with E-state index in [-0.39, 0.29) is 23.4 Å². The van der Waals surface area contributed by atoms with Crippen LogP contribution in [-0.2, 0) is 9.53 Å². The fourth-order valence-corrected chi connectivity index (χ4v) is 2.62. The Kier molecular flexibility index (Phi) is 3.50. The topological polar surface area (TPSA) is 50.4 Å². The Morgan fingerprint density at radius 2 is 2.19 bits per heavy atom. The van der Waals surface area contributed by atoms with Gasteiger partial charge >= 0.3 is 0 Å². The molecule has 1 heterocycles. The van der Waals surface area contributed by atoms with E-state index in [0.717, 1.165) is 19.3 Å². The zero-order valence-corrected chi connectivity index (χ0v) is 10.2. The van der Waals surface area contributed by atoms with Crippen LogP contribution in [0.3, 0.4) is 0 Å². The van der Waals surface area contributed by atoms with Crippen molar-refractivity contribution in [2.24, 2.45) is 5.92 Å². The smallest absolute Gasteiger partial charge is 0.227 e. The third-order valence-electron chi connectivity index (χ3n) is 4.16. The molecule has 2 rings (SSSR count). The first-order valence-corrected chi connectivity index (χ1v) is 6.28. The summed E-state index contributed by atoms with van der Waals surface area (Å²) < 4.78 is 5.36. The van der Waals surface area contributed by atoms with Crippen molar-refractivity contribution in [2.75, 3.05) is 20.3 Å². The summed E-state index contributed by atoms with van der Waals surface area (Å²) in [4.78, 5) is 12.2. The van der Waals surface area contributed by atoms with Crippen molar-refractivity contribution in [3.63, 3.8) is 0 Å². The van der Waals surface area contributed by atoms with Gasteiger partial charge in [-0.05, 0) is 32.7 Å². The summed E-state index contributed by atoms with van der Waals surface area (Å²) in [5.41, 5.74) is 0.0952. The summed E-state index contributed by atoms with van der Waals surface area (Å²) in [6, 6.07) is 0.175. The molecule has 2 atom stereocenters. The highest BCUT2D eigenvalue weighted by Crippen LogP contribution is 2.35. The molecule has 2 aliphatic rings. The Balaban J connectivity index is 1.92. The van der Waals surface area contributed by atoms with E-state index in [1.54, 1.807) is 0 Å². The third kappa shape index (κ3) is 2.09. The number of hydrogen-bond donors (Lipinski definition) is 2. The SMILES string of the molecule is CCC1(NC(=O)C2COCC2NC)CCC1. The van der Waals surface area contributed by atoms with Crippen molar-refractivity contribution in [1.82, 2.24) is 10.6 Å². The van der Waals surface area contributed by atoms with Crippen molar-refractivity contribution in [2.45, 2.75) is 44.2 Å². The highest BCUT2D eigenvalue weighted by Gasteiger charge is 2.40. The van der Waals surface area contributed by atoms with Crippen LogP contribution in [0.4, 0.5) is 0 Å². The molecular formula is C12H22N2O2. The molecular weight excluding hydrogens is 204 g/mol. The standard InChI is InChI=1S/C12H22N2O2/c1-3-12(5-4-6-12)14-11(15)9-7-16-8-10(9)13-2/h9-10,13H,3-8H2,1-2H3,(H,14,15). The fourth-order valence-electron chi connectivity index (χ4n) is 2.62. The summed E-state index contributed by atoms with van der Waals surface area (Å²) in [7, 11) is 1.89. The van der Waals surface area contributed by atoms with Crippen LogP contribution in [0.1, 0.15) is 32.6 Å². The van der Waals surface area contributed by atoms with E-state index >= 15 is 0 Å². The van der Waals surface area contributed by atoms with Crippen LogP contribution in [0, 0.1) is 5.92 Å². The molecule has 0 aromatic rings. The maximum atomic E-state index is 12.2. The molecule has 2 N–H and O–H groups in total. The minimum absolute atomic E-state index is 0.0194. The van der Waals surface area contributed by atoms with Crippen LogP contribution in [0.2, 0.25) is 0 Å². The van der Waals surface area contributed by atoms with Crippen molar-refractivity contribution in [3.8, 4) is 0 Å². The zero-order chi connectivity index (χ0) is 11.6. The zero-order valence-electron chi connectivity index (χ0n) is 10.2. The Morgan fingerprint density at radius 1 is 1.44 bits per heavy atom. The van der Waals surface area contributed by atoms with Gasteiger partial charge in [-0.25, -0.2) is 0 Å². The van der Waals surface area contributed by atoms with Gasteiger partial charge in [-0.15, -0.1) is 0 Å². The first kappa shape index (κ1) is 11.9. The minimum Gasteiger partial charge on any atom is -0.379 e. The van der Waals surface area contributed by atoms with Crippen molar-refractivity contribution < 1.29 is 9.53 Å². The molecule has 1 aliphatic carbocycles. The van der Waals surface area contributed by atoms with Crippen molar-refractivity contribution >= 4 is 5.91 Å². The summed E-state index contributed by atoms with van der Waals surface area (Å²) in [5.74, 6) is 0.146. The van der Waals surface area contributed by atoms with Crippen LogP contribution in [-0.4, -0.2) is 37.7 Å². The molecule has 2 fully saturated rings. The quantitative estimate of drug-likeness (QED) is 0.741. The van der Waals surface area contributed by atoms with Gasteiger partial charge in [-0.2, -0.15) is 0 Å². The number of amides is 1. The van der Waals surface area contributed by atoms with Crippen LogP contribution in [0.5, 0.6) is 0 Å². The maximum absolute atomic E-state index is 12.2. The van der Waals surface area contributed by atoms with Crippen molar-refractivity contribution in [3.05, 3.63) is 0 Å². The predicted molar refractivity (Wildman–Crippen MR) is 62.2 cm³/mol. The van der Waals surface area contributed by atoms with E-state index < -0.39 is 0 Å². The number of rotatable bonds is 4. The molecule has 2 unspecified atom stereocenters. The van der Waals surface area contributed by atoms with Gasteiger partial charge in [0.25, 0.3) is 0 Å². The lowest BCUT2D eigenvalue weighted by Crippen LogP contribution is -2.56. The van der Waals surface area contributed by atoms with Gasteiger partial charge in [0.1, 0.15) is 0 Å². The minimum atomic E-state index is -0.0194. The van der Waals surface area contributed by atoms with Crippen molar-refractivity contribution in [1.29, 1.82) is 0 Å². The van der Waals surface area contributed by atoms with Gasteiger partial charge in [0, 0.05) is 11.6 Å². The van der Waals surface area contributed by atoms with Crippen LogP contribution >= 0.6 is 0 Å². The Labute approximate surface area is 97.1 Å². The molecule has 0 radical (unpaired) electrons. The van der Waals surface area contributed by atoms with E-state index in [1.807, 2.05) is 7.05 Å². The average molecular weight is 226 g/mol. The number of carbonyl (C=O) groups is 1. The Bertz CT molecular complexity index is 258. The van der Waals surface area contributed by atoms with E-state index in [2.05, 4.69) is 17.6 Å². The summed E-state index contributed by atoms with van der Waals surface area (Å²) >= 11 is 0. The molecule has 1 saturated carbocycles. The lowest BCUT2D eigenvalue weighted by Gasteiger charge is -2.42. The molecule has 0 aromatic carbocycles. The second-order valence-corrected chi connectivity index (χ2v) is 5.02. The van der Waals surface area contributed by atoms with Gasteiger partial charge < -0.3 is 15.4 Å². The van der Waals surface area contributed by atoms with Crippen LogP contribution in [0.15, 0.2) is 0 Å². The molecule has 1 aliphatic heterocycles. The fraction of sp³-hybridized carbons (Fsp3) is 0.917. The lowest BCUT2D eigenvalue weighted by molar-refractivity contribution is -0.128. The third-order valence-corrected chi connectivity index (χ3v) is 4.16. The predicted octanol–water partition coefficient (Wildman–Crippen LogP) is 0.670. The normalized spacial score (nSPS) is 32.1. The Morgan fingerprint density at radius 3 is 2.69 bits per heavy atom. The highest BCUT2D eigenvalue weighted by atomic mass is 16.5. The van der Waals surface area contributed by atoms with E-state index in [9.17, 15) is 4.79 Å². The van der Waals surface area contributed by atoms with Gasteiger partial charge in [0.05, 0.1) is 19.1 Å². The number of hydrogen-bond acceptors (Lipinski definition) is 3. The molecule has 4 nitrogen and oxygen atoms in total. The van der Waals surface area contributed by atoms with Gasteiger partial charge in [-0.1, -0.05) is 6.92 Å². The lowest BCUT2D eigenvalue weighted by atomic mass is 9.74. The first-order valence-electron chi connectivity index (χ1n) is 6.28. The van der Waals surface area contributed by atoms with E-state index in [0.29, 0.717) is 13.2 Å². The van der Waals surface area contributed by atoms with Gasteiger partial charge in [0.2, 0.25) is 5.91 Å². The number of ether oxygens (including phenoxy) is 1. The molecule has 16 heavy (non-hydrogen) atoms. The number of nitrogens with one attached hydrogen (secondary N) is 2. The van der Waals surface area contributed by atoms with E-state index in [4.69, 9.17) is 4.74 Å². The van der Waals surface area contributed by atoms with Gasteiger partial charge in [0.15, 0.2) is 0 Å². The molecule has 1 saturated heterocycles. The average Bonchev–Trinajstić information content (AvgIpc) is 2.71. The van der Waals surface area contributed by atoms with Gasteiger partial charge in [-0.3, -0.25) is 4.79 Å². The molecule has 0 bridgehead atoms. The monoisotopic (exact) mass is 226 g/mol. The molecule has 4 heteroatoms. The largest absolute Gasteiger partial charge is 0.379 e. The number of carbonyl (C=O) groups excluding carboxylic acids is 1. The summed E-state index contributed by atoms with van der Waals surface area (Å²) in [6.45, 7) is 3.35. The van der Waals surface area contributed by atoms with Crippen LogP contribution < -0.4 is 10.6 Å². The number of likely N-dealkylation sites (N-methyl/N-ethyl adjacent to an activating group) is 1. The Hall–Kier alpha value is -0.610. The van der Waals surface area contributed by atoms with E-state index in [1.165, 1.54) is 6.42 Å². The highest BCUT2D eigenvalue weighted by molar-refractivity contribution is 5.80. The summed E-state index contributed by atoms with van der Waals surface area (Å²) in [6.07, 6.45) is 4.54.